The van der Waals surface area contributed by atoms with Crippen molar-refractivity contribution in [3.05, 3.63) is 146 Å². The highest BCUT2D eigenvalue weighted by Crippen LogP contribution is 2.48. The molecule has 2 nitrogen and oxygen atoms in total. The van der Waals surface area contributed by atoms with E-state index in [4.69, 9.17) is 9.47 Å². The van der Waals surface area contributed by atoms with Crippen molar-refractivity contribution in [3.63, 3.8) is 0 Å². The van der Waals surface area contributed by atoms with Gasteiger partial charge in [0.25, 0.3) is 0 Å². The Balaban J connectivity index is 1.09. The first-order valence-corrected chi connectivity index (χ1v) is 21.0. The molecule has 0 spiro atoms. The van der Waals surface area contributed by atoms with E-state index >= 15 is 0 Å². The molecule has 10 rings (SSSR count). The Morgan fingerprint density at radius 2 is 0.786 bits per heavy atom. The maximum atomic E-state index is 7.01. The first-order valence-electron chi connectivity index (χ1n) is 21.0. The summed E-state index contributed by atoms with van der Waals surface area (Å²) in [5, 5.41) is 9.77. The lowest BCUT2D eigenvalue weighted by Gasteiger charge is -2.29. The topological polar surface area (TPSA) is 18.5 Å². The smallest absolute Gasteiger partial charge is 0.127 e. The van der Waals surface area contributed by atoms with E-state index in [0.29, 0.717) is 19.1 Å². The first-order chi connectivity index (χ1) is 27.7. The van der Waals surface area contributed by atoms with E-state index in [1.165, 1.54) is 110 Å². The minimum Gasteiger partial charge on any atom is -0.492 e. The van der Waals surface area contributed by atoms with Gasteiger partial charge in [0, 0.05) is 17.0 Å². The van der Waals surface area contributed by atoms with Crippen LogP contribution in [0.25, 0.3) is 76.5 Å². The van der Waals surface area contributed by atoms with Crippen molar-refractivity contribution in [2.24, 2.45) is 17.8 Å². The minimum atomic E-state index is 0.321. The second-order valence-corrected chi connectivity index (χ2v) is 16.6. The summed E-state index contributed by atoms with van der Waals surface area (Å²) in [5.41, 5.74) is 7.06. The summed E-state index contributed by atoms with van der Waals surface area (Å²) in [5.74, 6) is 3.96. The fraction of sp³-hybridized carbons (Fsp3) is 0.259. The standard InChI is InChI=1S/C54H50O2/c1-2-7-36-12-14-37(15-13-36)16-17-38-34-55-51-28-26-41-20-24-47(45-22-18-39-8-3-5-10-43(39)30-45)32-49(41)53(51)54-50-33-48(25-21-42(50)27-29-52(54)56-35-38)46-23-19-40-9-4-6-11-44(40)31-46/h3-6,8-11,18-33,36-38H,2,7,12-17,34-35H2,1H3. The average molecular weight is 731 g/mol. The SMILES string of the molecule is CCCC1CCC(CCC2COc3ccc4ccc(-c5ccc6ccccc6c5)cc4c3-c3c(ccc4ccc(-c5ccc6ccccc6c5)cc34)OC2)CC1. The molecule has 0 unspecified atom stereocenters. The lowest BCUT2D eigenvalue weighted by atomic mass is 9.77. The monoisotopic (exact) mass is 730 g/mol. The highest BCUT2D eigenvalue weighted by Gasteiger charge is 2.26. The maximum absolute atomic E-state index is 7.01. The van der Waals surface area contributed by atoms with Gasteiger partial charge in [0.05, 0.1) is 13.2 Å². The molecule has 1 fully saturated rings. The average Bonchev–Trinajstić information content (AvgIpc) is 3.33. The number of fused-ring (bicyclic) bond motifs is 9. The Hall–Kier alpha value is -5.60. The molecule has 56 heavy (non-hydrogen) atoms. The molecule has 0 bridgehead atoms. The van der Waals surface area contributed by atoms with E-state index < -0.39 is 0 Å². The minimum absolute atomic E-state index is 0.321. The number of ether oxygens (including phenoxy) is 2. The molecule has 1 saturated carbocycles. The lowest BCUT2D eigenvalue weighted by Crippen LogP contribution is -2.22. The van der Waals surface area contributed by atoms with Crippen LogP contribution in [0.2, 0.25) is 0 Å². The fourth-order valence-electron chi connectivity index (χ4n) is 9.77. The van der Waals surface area contributed by atoms with E-state index in [2.05, 4.69) is 153 Å². The van der Waals surface area contributed by atoms with E-state index in [9.17, 15) is 0 Å². The predicted octanol–water partition coefficient (Wildman–Crippen LogP) is 15.1. The molecule has 2 aliphatic rings. The summed E-state index contributed by atoms with van der Waals surface area (Å²) in [6.45, 7) is 3.64. The molecule has 2 heteroatoms. The van der Waals surface area contributed by atoms with Crippen LogP contribution < -0.4 is 9.47 Å². The van der Waals surface area contributed by atoms with Gasteiger partial charge in [0.2, 0.25) is 0 Å². The highest BCUT2D eigenvalue weighted by atomic mass is 16.5. The first kappa shape index (κ1) is 34.9. The van der Waals surface area contributed by atoms with Crippen molar-refractivity contribution >= 4 is 43.1 Å². The summed E-state index contributed by atoms with van der Waals surface area (Å²) in [4.78, 5) is 0. The quantitative estimate of drug-likeness (QED) is 0.163. The summed E-state index contributed by atoms with van der Waals surface area (Å²) in [7, 11) is 0. The van der Waals surface area contributed by atoms with E-state index in [1.807, 2.05) is 0 Å². The van der Waals surface area contributed by atoms with Gasteiger partial charge in [0.1, 0.15) is 11.5 Å². The molecule has 1 aliphatic carbocycles. The third kappa shape index (κ3) is 6.81. The summed E-state index contributed by atoms with van der Waals surface area (Å²) >= 11 is 0. The molecule has 0 atom stereocenters. The van der Waals surface area contributed by atoms with Gasteiger partial charge in [-0.25, -0.2) is 0 Å². The van der Waals surface area contributed by atoms with Crippen LogP contribution >= 0.6 is 0 Å². The molecule has 0 N–H and O–H groups in total. The molecule has 1 aliphatic heterocycles. The summed E-state index contributed by atoms with van der Waals surface area (Å²) in [6.07, 6.45) is 10.7. The fourth-order valence-corrected chi connectivity index (χ4v) is 9.77. The van der Waals surface area contributed by atoms with Crippen molar-refractivity contribution in [1.82, 2.24) is 0 Å². The Morgan fingerprint density at radius 1 is 0.393 bits per heavy atom. The van der Waals surface area contributed by atoms with Gasteiger partial charge in [-0.15, -0.1) is 0 Å². The van der Waals surface area contributed by atoms with Crippen LogP contribution in [0.4, 0.5) is 0 Å². The number of hydrogen-bond acceptors (Lipinski definition) is 2. The second-order valence-electron chi connectivity index (χ2n) is 16.6. The van der Waals surface area contributed by atoms with Crippen molar-refractivity contribution in [1.29, 1.82) is 0 Å². The van der Waals surface area contributed by atoms with Gasteiger partial charge in [-0.1, -0.05) is 155 Å². The number of hydrogen-bond donors (Lipinski definition) is 0. The molecular weight excluding hydrogens is 681 g/mol. The van der Waals surface area contributed by atoms with Gasteiger partial charge in [0.15, 0.2) is 0 Å². The predicted molar refractivity (Wildman–Crippen MR) is 237 cm³/mol. The van der Waals surface area contributed by atoms with Crippen LogP contribution in [0.5, 0.6) is 11.5 Å². The van der Waals surface area contributed by atoms with Gasteiger partial charge >= 0.3 is 0 Å². The van der Waals surface area contributed by atoms with Crippen LogP contribution in [-0.4, -0.2) is 13.2 Å². The number of rotatable bonds is 7. The molecule has 0 saturated heterocycles. The normalized spacial score (nSPS) is 17.4. The Kier molecular flexibility index (Phi) is 9.43. The molecule has 0 amide bonds. The largest absolute Gasteiger partial charge is 0.492 e. The van der Waals surface area contributed by atoms with E-state index in [0.717, 1.165) is 40.9 Å². The van der Waals surface area contributed by atoms with Crippen molar-refractivity contribution in [2.45, 2.75) is 58.3 Å². The van der Waals surface area contributed by atoms with E-state index in [1.54, 1.807) is 0 Å². The molecule has 0 radical (unpaired) electrons. The molecule has 278 valence electrons. The van der Waals surface area contributed by atoms with Gasteiger partial charge in [-0.2, -0.15) is 0 Å². The molecule has 8 aromatic rings. The lowest BCUT2D eigenvalue weighted by molar-refractivity contribution is 0.157. The zero-order valence-electron chi connectivity index (χ0n) is 32.5. The van der Waals surface area contributed by atoms with Crippen molar-refractivity contribution in [2.75, 3.05) is 13.2 Å². The van der Waals surface area contributed by atoms with Crippen LogP contribution in [0.1, 0.15) is 58.3 Å². The molecular formula is C54H50O2. The third-order valence-corrected chi connectivity index (χ3v) is 13.0. The van der Waals surface area contributed by atoms with Crippen LogP contribution in [0, 0.1) is 17.8 Å². The van der Waals surface area contributed by atoms with Gasteiger partial charge in [-0.3, -0.25) is 0 Å². The van der Waals surface area contributed by atoms with Gasteiger partial charge in [-0.05, 0) is 126 Å². The van der Waals surface area contributed by atoms with Crippen molar-refractivity contribution in [3.8, 4) is 44.9 Å². The molecule has 0 aromatic heterocycles. The van der Waals surface area contributed by atoms with Crippen LogP contribution in [0.15, 0.2) is 146 Å². The van der Waals surface area contributed by atoms with Crippen molar-refractivity contribution < 1.29 is 9.47 Å². The van der Waals surface area contributed by atoms with Gasteiger partial charge < -0.3 is 9.47 Å². The molecule has 1 heterocycles. The van der Waals surface area contributed by atoms with E-state index in [-0.39, 0.29) is 0 Å². The Labute approximate surface area is 331 Å². The molecule has 8 aromatic carbocycles. The Bertz CT molecular complexity index is 2530. The summed E-state index contributed by atoms with van der Waals surface area (Å²) in [6, 6.07) is 53.6. The second kappa shape index (κ2) is 15.1. The zero-order valence-corrected chi connectivity index (χ0v) is 32.5. The Morgan fingerprint density at radius 3 is 1.27 bits per heavy atom. The third-order valence-electron chi connectivity index (χ3n) is 13.0. The van der Waals surface area contributed by atoms with Crippen LogP contribution in [-0.2, 0) is 0 Å². The maximum Gasteiger partial charge on any atom is 0.127 e. The number of benzene rings is 8. The summed E-state index contributed by atoms with van der Waals surface area (Å²) < 4.78 is 14.0. The highest BCUT2D eigenvalue weighted by molar-refractivity contribution is 6.11. The zero-order chi connectivity index (χ0) is 37.4. The van der Waals surface area contributed by atoms with Crippen LogP contribution in [0.3, 0.4) is 0 Å².